The van der Waals surface area contributed by atoms with Gasteiger partial charge in [0.2, 0.25) is 0 Å². The Hall–Kier alpha value is -3.31. The number of hydrogen-bond acceptors (Lipinski definition) is 5. The summed E-state index contributed by atoms with van der Waals surface area (Å²) in [6.07, 6.45) is 1.33. The van der Waals surface area contributed by atoms with Gasteiger partial charge >= 0.3 is 0 Å². The Morgan fingerprint density at radius 2 is 1.91 bits per heavy atom. The van der Waals surface area contributed by atoms with Crippen molar-refractivity contribution in [2.75, 3.05) is 6.61 Å². The zero-order valence-corrected chi connectivity index (χ0v) is 20.0. The zero-order chi connectivity index (χ0) is 24.7. The molecule has 1 N–H and O–H groups in total. The van der Waals surface area contributed by atoms with Gasteiger partial charge in [0, 0.05) is 15.6 Å². The molecule has 0 bridgehead atoms. The second-order valence-corrected chi connectivity index (χ2v) is 8.04. The summed E-state index contributed by atoms with van der Waals surface area (Å²) in [6, 6.07) is 13.6. The minimum atomic E-state index is -0.823. The van der Waals surface area contributed by atoms with Crippen molar-refractivity contribution in [3.63, 3.8) is 0 Å². The molecular formula is C24H17Cl3FN3O3. The van der Waals surface area contributed by atoms with Crippen LogP contribution in [-0.4, -0.2) is 18.7 Å². The third-order valence-corrected chi connectivity index (χ3v) is 5.31. The van der Waals surface area contributed by atoms with Crippen LogP contribution in [-0.2, 0) is 6.61 Å². The summed E-state index contributed by atoms with van der Waals surface area (Å²) in [5.41, 5.74) is 3.32. The highest BCUT2D eigenvalue weighted by molar-refractivity contribution is 6.35. The second kappa shape index (κ2) is 11.7. The standard InChI is InChI=1S/C24H17Cl3FN3O3/c1-2-33-22-9-15(12-30-31-24(32)18-6-3-14(11-29)8-21(18)28)7-20(27)23(22)34-13-16-4-5-17(25)10-19(16)26/h3-10,12H,2,13H2,1H3,(H,31,32)/b30-12-. The lowest BCUT2D eigenvalue weighted by molar-refractivity contribution is 0.0951. The van der Waals surface area contributed by atoms with E-state index in [1.54, 1.807) is 43.3 Å². The van der Waals surface area contributed by atoms with Gasteiger partial charge in [0.25, 0.3) is 5.91 Å². The molecule has 10 heteroatoms. The SMILES string of the molecule is CCOc1cc(/C=N\NC(=O)c2ccc(C#N)cc2F)cc(Cl)c1OCc1ccc(Cl)cc1Cl. The molecule has 3 aromatic rings. The number of amides is 1. The Balaban J connectivity index is 1.74. The van der Waals surface area contributed by atoms with Gasteiger partial charge in [0.15, 0.2) is 11.5 Å². The van der Waals surface area contributed by atoms with Crippen LogP contribution >= 0.6 is 34.8 Å². The van der Waals surface area contributed by atoms with E-state index >= 15 is 0 Å². The molecule has 34 heavy (non-hydrogen) atoms. The number of benzene rings is 3. The molecule has 0 saturated heterocycles. The normalized spacial score (nSPS) is 10.7. The average Bonchev–Trinajstić information content (AvgIpc) is 2.79. The largest absolute Gasteiger partial charge is 0.490 e. The van der Waals surface area contributed by atoms with E-state index in [9.17, 15) is 9.18 Å². The maximum Gasteiger partial charge on any atom is 0.274 e. The van der Waals surface area contributed by atoms with Crippen molar-refractivity contribution in [1.29, 1.82) is 5.26 Å². The molecule has 6 nitrogen and oxygen atoms in total. The summed E-state index contributed by atoms with van der Waals surface area (Å²) in [5.74, 6) is -0.911. The predicted octanol–water partition coefficient (Wildman–Crippen LogP) is 6.40. The molecular weight excluding hydrogens is 504 g/mol. The minimum Gasteiger partial charge on any atom is -0.490 e. The average molecular weight is 521 g/mol. The summed E-state index contributed by atoms with van der Waals surface area (Å²) >= 11 is 18.5. The topological polar surface area (TPSA) is 83.7 Å². The van der Waals surface area contributed by atoms with E-state index in [1.165, 1.54) is 18.3 Å². The van der Waals surface area contributed by atoms with Crippen molar-refractivity contribution in [2.45, 2.75) is 13.5 Å². The molecule has 0 aliphatic rings. The molecule has 3 rings (SSSR count). The third-order valence-electron chi connectivity index (χ3n) is 4.44. The van der Waals surface area contributed by atoms with Crippen LogP contribution in [0.2, 0.25) is 15.1 Å². The number of ether oxygens (including phenoxy) is 2. The number of halogens is 4. The third kappa shape index (κ3) is 6.39. The summed E-state index contributed by atoms with van der Waals surface area (Å²) in [5, 5.41) is 13.9. The first-order chi connectivity index (χ1) is 16.3. The van der Waals surface area contributed by atoms with E-state index in [0.29, 0.717) is 39.3 Å². The van der Waals surface area contributed by atoms with Gasteiger partial charge in [-0.05, 0) is 55.0 Å². The van der Waals surface area contributed by atoms with E-state index in [4.69, 9.17) is 49.5 Å². The molecule has 0 radical (unpaired) electrons. The van der Waals surface area contributed by atoms with E-state index in [0.717, 1.165) is 6.07 Å². The van der Waals surface area contributed by atoms with Crippen molar-refractivity contribution in [3.05, 3.63) is 91.7 Å². The first-order valence-corrected chi connectivity index (χ1v) is 11.0. The fourth-order valence-corrected chi connectivity index (χ4v) is 3.59. The maximum atomic E-state index is 14.0. The number of nitrogens with zero attached hydrogens (tertiary/aromatic N) is 2. The fraction of sp³-hybridized carbons (Fsp3) is 0.125. The smallest absolute Gasteiger partial charge is 0.274 e. The summed E-state index contributed by atoms with van der Waals surface area (Å²) in [6.45, 7) is 2.29. The van der Waals surface area contributed by atoms with Gasteiger partial charge in [-0.3, -0.25) is 4.79 Å². The lowest BCUT2D eigenvalue weighted by atomic mass is 10.1. The van der Waals surface area contributed by atoms with Crippen LogP contribution in [0.25, 0.3) is 0 Å². The molecule has 0 spiro atoms. The van der Waals surface area contributed by atoms with Gasteiger partial charge in [0.1, 0.15) is 12.4 Å². The number of nitriles is 1. The van der Waals surface area contributed by atoms with Gasteiger partial charge < -0.3 is 9.47 Å². The van der Waals surface area contributed by atoms with Gasteiger partial charge in [-0.15, -0.1) is 0 Å². The quantitative estimate of drug-likeness (QED) is 0.275. The number of hydrazone groups is 1. The van der Waals surface area contributed by atoms with E-state index < -0.39 is 11.7 Å². The van der Waals surface area contributed by atoms with Crippen LogP contribution in [0, 0.1) is 17.1 Å². The molecule has 0 fully saturated rings. The van der Waals surface area contributed by atoms with Crippen molar-refractivity contribution in [2.24, 2.45) is 5.10 Å². The molecule has 0 saturated carbocycles. The van der Waals surface area contributed by atoms with E-state index in [-0.39, 0.29) is 22.8 Å². The highest BCUT2D eigenvalue weighted by Crippen LogP contribution is 2.37. The molecule has 0 aromatic heterocycles. The van der Waals surface area contributed by atoms with Crippen LogP contribution in [0.15, 0.2) is 53.6 Å². The van der Waals surface area contributed by atoms with Crippen molar-refractivity contribution in [3.8, 4) is 17.6 Å². The number of carbonyl (C=O) groups is 1. The summed E-state index contributed by atoms with van der Waals surface area (Å²) in [4.78, 5) is 12.2. The lowest BCUT2D eigenvalue weighted by Crippen LogP contribution is -2.19. The Bertz CT molecular complexity index is 1290. The van der Waals surface area contributed by atoms with Gasteiger partial charge in [-0.2, -0.15) is 10.4 Å². The summed E-state index contributed by atoms with van der Waals surface area (Å²) in [7, 11) is 0. The number of hydrogen-bond donors (Lipinski definition) is 1. The maximum absolute atomic E-state index is 14.0. The fourth-order valence-electron chi connectivity index (χ4n) is 2.85. The van der Waals surface area contributed by atoms with Crippen LogP contribution in [0.1, 0.15) is 34.0 Å². The molecule has 0 heterocycles. The molecule has 0 unspecified atom stereocenters. The molecule has 0 atom stereocenters. The monoisotopic (exact) mass is 519 g/mol. The number of rotatable bonds is 8. The molecule has 3 aromatic carbocycles. The number of carbonyl (C=O) groups excluding carboxylic acids is 1. The lowest BCUT2D eigenvalue weighted by Gasteiger charge is -2.15. The minimum absolute atomic E-state index is 0.108. The second-order valence-electron chi connectivity index (χ2n) is 6.79. The predicted molar refractivity (Wildman–Crippen MR) is 130 cm³/mol. The van der Waals surface area contributed by atoms with E-state index in [1.807, 2.05) is 0 Å². The zero-order valence-electron chi connectivity index (χ0n) is 17.7. The number of nitrogens with one attached hydrogen (secondary N) is 1. The molecule has 1 amide bonds. The van der Waals surface area contributed by atoms with Crippen molar-refractivity contribution in [1.82, 2.24) is 5.43 Å². The van der Waals surface area contributed by atoms with Gasteiger partial charge in [-0.25, -0.2) is 9.82 Å². The van der Waals surface area contributed by atoms with Crippen LogP contribution < -0.4 is 14.9 Å². The first-order valence-electron chi connectivity index (χ1n) is 9.88. The van der Waals surface area contributed by atoms with E-state index in [2.05, 4.69) is 10.5 Å². The highest BCUT2D eigenvalue weighted by atomic mass is 35.5. The highest BCUT2D eigenvalue weighted by Gasteiger charge is 2.14. The van der Waals surface area contributed by atoms with Crippen LogP contribution in [0.3, 0.4) is 0 Å². The Morgan fingerprint density at radius 3 is 2.59 bits per heavy atom. The summed E-state index contributed by atoms with van der Waals surface area (Å²) < 4.78 is 25.5. The van der Waals surface area contributed by atoms with Gasteiger partial charge in [0.05, 0.1) is 35.0 Å². The Morgan fingerprint density at radius 1 is 1.12 bits per heavy atom. The molecule has 174 valence electrons. The Kier molecular flexibility index (Phi) is 8.72. The molecule has 0 aliphatic heterocycles. The van der Waals surface area contributed by atoms with Crippen LogP contribution in [0.5, 0.6) is 11.5 Å². The van der Waals surface area contributed by atoms with Crippen LogP contribution in [0.4, 0.5) is 4.39 Å². The van der Waals surface area contributed by atoms with Crippen molar-refractivity contribution < 1.29 is 18.7 Å². The Labute approximate surface area is 210 Å². The first kappa shape index (κ1) is 25.3. The van der Waals surface area contributed by atoms with Crippen molar-refractivity contribution >= 4 is 46.9 Å². The van der Waals surface area contributed by atoms with Gasteiger partial charge in [-0.1, -0.05) is 40.9 Å². The molecule has 0 aliphatic carbocycles.